The Kier molecular flexibility index (Phi) is 5.45. The molecule has 1 aliphatic heterocycles. The van der Waals surface area contributed by atoms with Gasteiger partial charge in [-0.15, -0.1) is 0 Å². The largest absolute Gasteiger partial charge is 0.507 e. The highest BCUT2D eigenvalue weighted by Gasteiger charge is 2.37. The Hall–Kier alpha value is -3.33. The molecule has 3 aromatic rings. The molecule has 13 nitrogen and oxygen atoms in total. The number of carbonyl (C=O) groups excluding carboxylic acids is 1. The first-order valence-corrected chi connectivity index (χ1v) is 10.4. The van der Waals surface area contributed by atoms with E-state index in [9.17, 15) is 23.4 Å². The number of hydrogen-bond acceptors (Lipinski definition) is 11. The number of hydrogen-bond donors (Lipinski definition) is 4. The van der Waals surface area contributed by atoms with Crippen molar-refractivity contribution in [1.82, 2.24) is 24.2 Å². The number of nitrogens with zero attached hydrogens (tertiary/aromatic N) is 4. The number of phenolic OH excluding ortho intramolecular Hbond substituents is 1. The number of aromatic nitrogens is 4. The van der Waals surface area contributed by atoms with Gasteiger partial charge in [-0.2, -0.15) is 8.42 Å². The number of nitrogens with two attached hydrogens (primary N) is 1. The van der Waals surface area contributed by atoms with E-state index < -0.39 is 41.3 Å². The van der Waals surface area contributed by atoms with Gasteiger partial charge in [0.05, 0.1) is 24.6 Å². The molecular weight excluding hydrogens is 432 g/mol. The molecule has 5 N–H and O–H groups in total. The molecule has 2 aromatic heterocycles. The van der Waals surface area contributed by atoms with Gasteiger partial charge in [-0.05, 0) is 12.1 Å². The first-order valence-electron chi connectivity index (χ1n) is 9.01. The third-order valence-electron chi connectivity index (χ3n) is 4.66. The molecule has 0 spiro atoms. The molecule has 0 aliphatic carbocycles. The normalized spacial score (nSPS) is 21.4. The highest BCUT2D eigenvalue weighted by atomic mass is 32.2. The van der Waals surface area contributed by atoms with Crippen molar-refractivity contribution in [2.45, 2.75) is 24.9 Å². The van der Waals surface area contributed by atoms with E-state index in [4.69, 9.17) is 14.7 Å². The van der Waals surface area contributed by atoms with Crippen LogP contribution >= 0.6 is 0 Å². The van der Waals surface area contributed by atoms with E-state index >= 15 is 0 Å². The van der Waals surface area contributed by atoms with Gasteiger partial charge < -0.3 is 20.7 Å². The zero-order valence-corrected chi connectivity index (χ0v) is 16.6. The smallest absolute Gasteiger partial charge is 0.362 e. The van der Waals surface area contributed by atoms with E-state index in [1.807, 2.05) is 0 Å². The van der Waals surface area contributed by atoms with Crippen molar-refractivity contribution in [3.8, 4) is 5.75 Å². The number of aromatic hydroxyl groups is 1. The van der Waals surface area contributed by atoms with Crippen LogP contribution in [0, 0.1) is 0 Å². The second-order valence-electron chi connectivity index (χ2n) is 6.70. The summed E-state index contributed by atoms with van der Waals surface area (Å²) in [5, 5.41) is 19.9. The van der Waals surface area contributed by atoms with Crippen molar-refractivity contribution in [3.05, 3.63) is 42.5 Å². The fraction of sp³-hybridized carbons (Fsp3) is 0.294. The first-order chi connectivity index (χ1) is 14.7. The van der Waals surface area contributed by atoms with Crippen LogP contribution in [0.4, 0.5) is 5.82 Å². The second kappa shape index (κ2) is 8.07. The van der Waals surface area contributed by atoms with Gasteiger partial charge in [-0.1, -0.05) is 12.1 Å². The van der Waals surface area contributed by atoms with E-state index in [2.05, 4.69) is 15.0 Å². The molecule has 1 aromatic carbocycles. The van der Waals surface area contributed by atoms with Crippen LogP contribution in [0.3, 0.4) is 0 Å². The third-order valence-corrected chi connectivity index (χ3v) is 5.54. The van der Waals surface area contributed by atoms with Gasteiger partial charge in [0.2, 0.25) is 0 Å². The van der Waals surface area contributed by atoms with Crippen LogP contribution in [-0.2, 0) is 19.2 Å². The van der Waals surface area contributed by atoms with Crippen LogP contribution in [0.2, 0.25) is 0 Å². The standard InChI is InChI=1S/C17H18N6O7S/c18-15-14-16(20-7-19-15)23(8-21-14)13-5-11(25)12(30-13)6-29-31(27,28)22-17(26)9-3-1-2-4-10(9)24/h1-4,7-8,11-13,24-25H,5-6H2,(H,22,26)(H2,18,19,20)/t11-,12+,13+/m0/s1. The number of nitrogens with one attached hydrogen (secondary N) is 1. The molecule has 0 radical (unpaired) electrons. The van der Waals surface area contributed by atoms with Gasteiger partial charge in [-0.25, -0.2) is 19.7 Å². The summed E-state index contributed by atoms with van der Waals surface area (Å²) in [6, 6.07) is 5.43. The summed E-state index contributed by atoms with van der Waals surface area (Å²) in [7, 11) is -4.53. The summed E-state index contributed by atoms with van der Waals surface area (Å²) in [6.45, 7) is -0.551. The Morgan fingerprint density at radius 2 is 2.10 bits per heavy atom. The number of anilines is 1. The molecule has 14 heteroatoms. The van der Waals surface area contributed by atoms with Crippen LogP contribution in [0.15, 0.2) is 36.9 Å². The molecule has 0 unspecified atom stereocenters. The Bertz CT molecular complexity index is 1230. The average molecular weight is 450 g/mol. The van der Waals surface area contributed by atoms with Crippen LogP contribution < -0.4 is 10.5 Å². The van der Waals surface area contributed by atoms with Crippen LogP contribution in [0.25, 0.3) is 11.2 Å². The van der Waals surface area contributed by atoms with E-state index in [0.29, 0.717) is 11.2 Å². The lowest BCUT2D eigenvalue weighted by Gasteiger charge is -2.16. The molecule has 1 amide bonds. The molecule has 0 bridgehead atoms. The number of aliphatic hydroxyl groups excluding tert-OH is 1. The van der Waals surface area contributed by atoms with E-state index in [1.54, 1.807) is 9.29 Å². The third kappa shape index (κ3) is 4.27. The van der Waals surface area contributed by atoms with E-state index in [0.717, 1.165) is 0 Å². The highest BCUT2D eigenvalue weighted by Crippen LogP contribution is 2.31. The van der Waals surface area contributed by atoms with Crippen molar-refractivity contribution in [1.29, 1.82) is 0 Å². The zero-order valence-electron chi connectivity index (χ0n) is 15.8. The van der Waals surface area contributed by atoms with E-state index in [1.165, 1.54) is 36.9 Å². The molecule has 1 fully saturated rings. The Labute approximate surface area is 175 Å². The van der Waals surface area contributed by atoms with Crippen molar-refractivity contribution in [2.75, 3.05) is 12.3 Å². The average Bonchev–Trinajstić information content (AvgIpc) is 3.30. The number of rotatable bonds is 6. The minimum atomic E-state index is -4.53. The Morgan fingerprint density at radius 1 is 1.32 bits per heavy atom. The summed E-state index contributed by atoms with van der Waals surface area (Å²) in [4.78, 5) is 24.1. The molecule has 0 saturated carbocycles. The number of para-hydroxylation sites is 1. The minimum absolute atomic E-state index is 0.119. The van der Waals surface area contributed by atoms with Crippen molar-refractivity contribution >= 4 is 33.2 Å². The molecule has 31 heavy (non-hydrogen) atoms. The van der Waals surface area contributed by atoms with Gasteiger partial charge in [-0.3, -0.25) is 13.5 Å². The molecule has 3 heterocycles. The summed E-state index contributed by atoms with van der Waals surface area (Å²) in [5.74, 6) is -1.26. The van der Waals surface area contributed by atoms with Crippen LogP contribution in [0.1, 0.15) is 23.0 Å². The first kappa shape index (κ1) is 20.9. The quantitative estimate of drug-likeness (QED) is 0.377. The number of nitrogen functional groups attached to an aromatic ring is 1. The summed E-state index contributed by atoms with van der Waals surface area (Å²) >= 11 is 0. The predicted molar refractivity (Wildman–Crippen MR) is 105 cm³/mol. The monoisotopic (exact) mass is 450 g/mol. The molecule has 164 valence electrons. The van der Waals surface area contributed by atoms with Gasteiger partial charge >= 0.3 is 10.3 Å². The van der Waals surface area contributed by atoms with Crippen molar-refractivity contribution in [3.63, 3.8) is 0 Å². The second-order valence-corrected chi connectivity index (χ2v) is 8.05. The van der Waals surface area contributed by atoms with Crippen molar-refractivity contribution < 1.29 is 32.3 Å². The fourth-order valence-electron chi connectivity index (χ4n) is 3.14. The SMILES string of the molecule is Nc1ncnc2c1ncn2[C@H]1C[C@H](O)[C@@H](COS(=O)(=O)NC(=O)c2ccccc2O)O1. The topological polar surface area (TPSA) is 192 Å². The van der Waals surface area contributed by atoms with Crippen LogP contribution in [-0.4, -0.2) is 62.9 Å². The van der Waals surface area contributed by atoms with Gasteiger partial charge in [0, 0.05) is 6.42 Å². The fourth-order valence-corrected chi connectivity index (χ4v) is 3.85. The lowest BCUT2D eigenvalue weighted by Crippen LogP contribution is -2.36. The molecule has 4 rings (SSSR count). The maximum absolute atomic E-state index is 12.1. The Balaban J connectivity index is 1.40. The number of imidazole rings is 1. The zero-order chi connectivity index (χ0) is 22.2. The van der Waals surface area contributed by atoms with Crippen LogP contribution in [0.5, 0.6) is 5.75 Å². The molecule has 3 atom stereocenters. The number of phenols is 1. The summed E-state index contributed by atoms with van der Waals surface area (Å²) < 4.78 is 37.9. The molecule has 1 saturated heterocycles. The molecule has 1 aliphatic rings. The maximum Gasteiger partial charge on any atom is 0.362 e. The summed E-state index contributed by atoms with van der Waals surface area (Å²) in [6.07, 6.45) is 0.0696. The number of amides is 1. The highest BCUT2D eigenvalue weighted by molar-refractivity contribution is 7.85. The van der Waals surface area contributed by atoms with Gasteiger partial charge in [0.15, 0.2) is 11.5 Å². The van der Waals surface area contributed by atoms with Gasteiger partial charge in [0.1, 0.15) is 29.9 Å². The lowest BCUT2D eigenvalue weighted by molar-refractivity contribution is -0.0373. The maximum atomic E-state index is 12.1. The number of ether oxygens (including phenoxy) is 1. The van der Waals surface area contributed by atoms with Crippen molar-refractivity contribution in [2.24, 2.45) is 0 Å². The number of benzene rings is 1. The predicted octanol–water partition coefficient (Wildman–Crippen LogP) is -0.546. The minimum Gasteiger partial charge on any atom is -0.507 e. The number of aliphatic hydroxyl groups is 1. The Morgan fingerprint density at radius 3 is 2.87 bits per heavy atom. The number of fused-ring (bicyclic) bond motifs is 1. The number of carbonyl (C=O) groups is 1. The summed E-state index contributed by atoms with van der Waals surface area (Å²) in [5.41, 5.74) is 6.29. The van der Waals surface area contributed by atoms with Gasteiger partial charge in [0.25, 0.3) is 5.91 Å². The molecular formula is C17H18N6O7S. The van der Waals surface area contributed by atoms with E-state index in [-0.39, 0.29) is 23.6 Å². The lowest BCUT2D eigenvalue weighted by atomic mass is 10.2.